The molecule has 0 heterocycles. The van der Waals surface area contributed by atoms with E-state index in [9.17, 15) is 29.4 Å². The maximum atomic E-state index is 12.2. The lowest BCUT2D eigenvalue weighted by Gasteiger charge is -2.60. The van der Waals surface area contributed by atoms with Gasteiger partial charge in [0, 0.05) is 44.9 Å². The van der Waals surface area contributed by atoms with Gasteiger partial charge in [-0.25, -0.2) is 0 Å². The third-order valence-electron chi connectivity index (χ3n) is 17.9. The van der Waals surface area contributed by atoms with Crippen LogP contribution < -0.4 is 0 Å². The van der Waals surface area contributed by atoms with Gasteiger partial charge in [-0.1, -0.05) is 84.0 Å². The number of hydrogen-bond donors (Lipinski definition) is 2. The Kier molecular flexibility index (Phi) is 15.7. The van der Waals surface area contributed by atoms with Crippen molar-refractivity contribution in [2.75, 3.05) is 0 Å². The number of carbonyl (C=O) groups is 4. The second-order valence-electron chi connectivity index (χ2n) is 21.4. The van der Waals surface area contributed by atoms with E-state index in [0.29, 0.717) is 54.3 Å². The van der Waals surface area contributed by atoms with E-state index in [-0.39, 0.29) is 86.7 Å². The summed E-state index contributed by atoms with van der Waals surface area (Å²) in [5.74, 6) is 2.68. The predicted molar refractivity (Wildman–Crippen MR) is 243 cm³/mol. The molecule has 7 fully saturated rings. The summed E-state index contributed by atoms with van der Waals surface area (Å²) < 4.78 is 23.0. The third kappa shape index (κ3) is 9.80. The van der Waals surface area contributed by atoms with Crippen LogP contribution in [0.1, 0.15) is 164 Å². The summed E-state index contributed by atoms with van der Waals surface area (Å²) in [5, 5.41) is 22.5. The van der Waals surface area contributed by atoms with Crippen LogP contribution in [0.3, 0.4) is 0 Å². The maximum Gasteiger partial charge on any atom is 0.306 e. The molecule has 10 nitrogen and oxygen atoms in total. The topological polar surface area (TPSA) is 146 Å². The molecule has 2 N–H and O–H groups in total. The smallest absolute Gasteiger partial charge is 0.306 e. The van der Waals surface area contributed by atoms with Gasteiger partial charge in [0.2, 0.25) is 0 Å². The maximum absolute atomic E-state index is 12.2. The standard InChI is InChI=1S/C25H39BrO5.C25H37BrO5/c2*1-4-5-6-22(29)31-16-9-10-25(3)15(11-16)12-21(28)23-18-13-20(26)24(30-14(2)27)17(18)7-8-19(23)25/h15-21,23-24,28H,4-13H2,1-3H3;12,16-21,23-24,28H,4-11,13H2,1-3H3/t15?,16-,17-,18?,19?,20+,21-,23?,24+,25-;16-,17-,18?,19?,20+,21-,23?,24+,25-/m00/s1. The third-order valence-corrected chi connectivity index (χ3v) is 19.7. The highest BCUT2D eigenvalue weighted by molar-refractivity contribution is 9.09. The summed E-state index contributed by atoms with van der Waals surface area (Å²) in [5.41, 5.74) is 1.54. The number of halogens is 2. The highest BCUT2D eigenvalue weighted by Crippen LogP contribution is 2.65. The first-order valence-corrected chi connectivity index (χ1v) is 26.4. The molecule has 7 saturated carbocycles. The van der Waals surface area contributed by atoms with E-state index < -0.39 is 6.10 Å². The van der Waals surface area contributed by atoms with Gasteiger partial charge in [0.05, 0.1) is 21.9 Å². The number of esters is 4. The van der Waals surface area contributed by atoms with Crippen LogP contribution in [0, 0.1) is 64.1 Å². The fourth-order valence-corrected chi connectivity index (χ4v) is 16.9. The van der Waals surface area contributed by atoms with Crippen LogP contribution in [-0.4, -0.2) is 80.4 Å². The van der Waals surface area contributed by atoms with E-state index in [1.54, 1.807) is 0 Å². The molecule has 0 saturated heterocycles. The first-order chi connectivity index (χ1) is 29.5. The summed E-state index contributed by atoms with van der Waals surface area (Å²) in [6.07, 6.45) is 18.4. The van der Waals surface area contributed by atoms with E-state index in [1.807, 2.05) is 0 Å². The molecule has 8 aliphatic rings. The minimum absolute atomic E-state index is 0.00858. The predicted octanol–water partition coefficient (Wildman–Crippen LogP) is 9.95. The van der Waals surface area contributed by atoms with Gasteiger partial charge < -0.3 is 29.2 Å². The van der Waals surface area contributed by atoms with Crippen molar-refractivity contribution in [3.63, 3.8) is 0 Å². The quantitative estimate of drug-likeness (QED) is 0.0939. The van der Waals surface area contributed by atoms with Gasteiger partial charge in [-0.15, -0.1) is 0 Å². The molecule has 8 aliphatic carbocycles. The van der Waals surface area contributed by atoms with Crippen molar-refractivity contribution in [3.8, 4) is 0 Å². The zero-order chi connectivity index (χ0) is 44.7. The molecule has 0 aromatic rings. The second kappa shape index (κ2) is 20.2. The van der Waals surface area contributed by atoms with Crippen molar-refractivity contribution in [2.24, 2.45) is 64.1 Å². The van der Waals surface area contributed by atoms with E-state index in [0.717, 1.165) is 109 Å². The van der Waals surface area contributed by atoms with Gasteiger partial charge >= 0.3 is 23.9 Å². The molecule has 0 bridgehead atoms. The molecule has 0 aliphatic heterocycles. The van der Waals surface area contributed by atoms with Crippen LogP contribution in [0.5, 0.6) is 0 Å². The Hall–Kier alpha value is -1.50. The van der Waals surface area contributed by atoms with Crippen LogP contribution in [0.15, 0.2) is 11.6 Å². The molecule has 19 atom stereocenters. The van der Waals surface area contributed by atoms with Gasteiger partial charge in [0.25, 0.3) is 0 Å². The van der Waals surface area contributed by atoms with Crippen molar-refractivity contribution < 1.29 is 48.3 Å². The number of aliphatic hydroxyl groups is 2. The molecule has 62 heavy (non-hydrogen) atoms. The molecule has 0 spiro atoms. The average Bonchev–Trinajstić information content (AvgIpc) is 3.70. The molecule has 0 radical (unpaired) electrons. The van der Waals surface area contributed by atoms with Crippen molar-refractivity contribution in [1.29, 1.82) is 0 Å². The highest BCUT2D eigenvalue weighted by Gasteiger charge is 2.62. The Balaban J connectivity index is 0.000000186. The molecular weight excluding hydrogens is 920 g/mol. The van der Waals surface area contributed by atoms with Crippen molar-refractivity contribution in [2.45, 2.75) is 210 Å². The number of alkyl halides is 2. The summed E-state index contributed by atoms with van der Waals surface area (Å²) in [6, 6.07) is 0. The van der Waals surface area contributed by atoms with E-state index in [2.05, 4.69) is 65.6 Å². The fourth-order valence-electron chi connectivity index (χ4n) is 15.0. The fraction of sp³-hybridized carbons (Fsp3) is 0.880. The van der Waals surface area contributed by atoms with Crippen LogP contribution in [-0.2, 0) is 38.1 Å². The number of fused-ring (bicyclic) bond motifs is 10. The first-order valence-electron chi connectivity index (χ1n) is 24.6. The molecule has 12 heteroatoms. The van der Waals surface area contributed by atoms with Crippen molar-refractivity contribution in [3.05, 3.63) is 11.6 Å². The normalized spacial score (nSPS) is 45.1. The van der Waals surface area contributed by atoms with Gasteiger partial charge in [-0.2, -0.15) is 0 Å². The summed E-state index contributed by atoms with van der Waals surface area (Å²) in [4.78, 5) is 47.9. The molecule has 350 valence electrons. The Labute approximate surface area is 387 Å². The van der Waals surface area contributed by atoms with E-state index in [4.69, 9.17) is 18.9 Å². The summed E-state index contributed by atoms with van der Waals surface area (Å²) in [6.45, 7) is 11.9. The average molecular weight is 997 g/mol. The first kappa shape index (κ1) is 48.4. The van der Waals surface area contributed by atoms with Crippen LogP contribution in [0.4, 0.5) is 0 Å². The van der Waals surface area contributed by atoms with Gasteiger partial charge in [0.1, 0.15) is 24.4 Å². The molecular formula is C50H76Br2O10. The number of rotatable bonds is 10. The zero-order valence-corrected chi connectivity index (χ0v) is 41.4. The Morgan fingerprint density at radius 1 is 0.661 bits per heavy atom. The number of carbonyl (C=O) groups excluding carboxylic acids is 4. The Morgan fingerprint density at radius 3 is 1.76 bits per heavy atom. The second-order valence-corrected chi connectivity index (χ2v) is 23.7. The highest BCUT2D eigenvalue weighted by atomic mass is 79.9. The van der Waals surface area contributed by atoms with Crippen LogP contribution in [0.2, 0.25) is 0 Å². The van der Waals surface area contributed by atoms with E-state index in [1.165, 1.54) is 19.4 Å². The number of ether oxygens (including phenoxy) is 4. The lowest BCUT2D eigenvalue weighted by Crippen LogP contribution is -2.57. The Morgan fingerprint density at radius 2 is 1.19 bits per heavy atom. The minimum Gasteiger partial charge on any atom is -0.462 e. The number of aliphatic hydroxyl groups excluding tert-OH is 2. The molecule has 0 aromatic carbocycles. The van der Waals surface area contributed by atoms with Gasteiger partial charge in [0.15, 0.2) is 0 Å². The monoisotopic (exact) mass is 994 g/mol. The molecule has 7 unspecified atom stereocenters. The largest absolute Gasteiger partial charge is 0.462 e. The molecule has 0 aromatic heterocycles. The summed E-state index contributed by atoms with van der Waals surface area (Å²) in [7, 11) is 0. The molecule has 0 amide bonds. The Bertz CT molecular complexity index is 1650. The lowest BCUT2D eigenvalue weighted by atomic mass is 9.46. The van der Waals surface area contributed by atoms with Gasteiger partial charge in [-0.05, 0) is 142 Å². The SMILES string of the molecule is CCCCC(=O)O[C@H]1CC[C@@]2(C)C(=C[C@H](O)C3C4C[C@@H](Br)[C@H](OC(C)=O)[C@H]4CCC32)C1.CCCCC(=O)O[C@H]1CC[C@@]2(C)C(C1)C[C@H](O)C1C3C[C@@H](Br)[C@H](OC(C)=O)[C@H]3CCC12. The van der Waals surface area contributed by atoms with Gasteiger partial charge in [-0.3, -0.25) is 19.2 Å². The van der Waals surface area contributed by atoms with Crippen molar-refractivity contribution >= 4 is 55.7 Å². The number of hydrogen-bond acceptors (Lipinski definition) is 10. The zero-order valence-electron chi connectivity index (χ0n) is 38.2. The lowest BCUT2D eigenvalue weighted by molar-refractivity contribution is -0.176. The summed E-state index contributed by atoms with van der Waals surface area (Å²) >= 11 is 7.55. The van der Waals surface area contributed by atoms with Crippen LogP contribution >= 0.6 is 31.9 Å². The molecule has 8 rings (SSSR count). The minimum atomic E-state index is -0.480. The van der Waals surface area contributed by atoms with Crippen molar-refractivity contribution in [1.82, 2.24) is 0 Å². The van der Waals surface area contributed by atoms with Crippen LogP contribution in [0.25, 0.3) is 0 Å². The van der Waals surface area contributed by atoms with E-state index >= 15 is 0 Å². The number of unbranched alkanes of at least 4 members (excludes halogenated alkanes) is 2.